The van der Waals surface area contributed by atoms with Crippen molar-refractivity contribution in [2.45, 2.75) is 28.8 Å². The van der Waals surface area contributed by atoms with E-state index >= 15 is 0 Å². The van der Waals surface area contributed by atoms with E-state index in [1.54, 1.807) is 23.0 Å². The third-order valence-electron chi connectivity index (χ3n) is 5.01. The van der Waals surface area contributed by atoms with E-state index in [1.165, 1.54) is 0 Å². The van der Waals surface area contributed by atoms with Crippen molar-refractivity contribution in [2.24, 2.45) is 20.3 Å². The third kappa shape index (κ3) is 4.20. The van der Waals surface area contributed by atoms with Gasteiger partial charge in [0.2, 0.25) is 11.9 Å². The molecule has 5 rings (SSSR count). The topological polar surface area (TPSA) is 85.8 Å². The van der Waals surface area contributed by atoms with E-state index in [0.29, 0.717) is 17.9 Å². The van der Waals surface area contributed by atoms with Crippen LogP contribution in [0.2, 0.25) is 0 Å². The predicted octanol–water partition coefficient (Wildman–Crippen LogP) is 5.38. The predicted molar refractivity (Wildman–Crippen MR) is 122 cm³/mol. The molecule has 0 fully saturated rings. The molecule has 3 atom stereocenters. The van der Waals surface area contributed by atoms with Crippen LogP contribution in [-0.2, 0) is 0 Å². The largest absolute Gasteiger partial charge is 0.493 e. The number of nitrogens with zero attached hydrogens (tertiary/aromatic N) is 6. The number of aliphatic imine (C=N–C) groups is 1. The lowest BCUT2D eigenvalue weighted by Crippen LogP contribution is -2.41. The molecule has 2 aromatic carbocycles. The molecule has 1 aromatic heterocycles. The number of aromatic nitrogens is 1. The number of aliphatic hydroxyl groups is 1. The summed E-state index contributed by atoms with van der Waals surface area (Å²) in [5.41, 5.74) is 1.60. The summed E-state index contributed by atoms with van der Waals surface area (Å²) in [6, 6.07) is 24.5. The van der Waals surface area contributed by atoms with Crippen LogP contribution in [0.3, 0.4) is 0 Å². The van der Waals surface area contributed by atoms with Gasteiger partial charge < -0.3 is 5.11 Å². The highest BCUT2D eigenvalue weighted by Gasteiger charge is 2.43. The van der Waals surface area contributed by atoms with Gasteiger partial charge >= 0.3 is 0 Å². The first-order chi connectivity index (χ1) is 15.3. The van der Waals surface area contributed by atoms with E-state index in [-0.39, 0.29) is 17.3 Å². The third-order valence-corrected chi connectivity index (χ3v) is 6.22. The monoisotopic (exact) mass is 428 g/mol. The number of benzene rings is 2. The van der Waals surface area contributed by atoms with Gasteiger partial charge in [-0.15, -0.1) is 5.10 Å². The Morgan fingerprint density at radius 3 is 2.42 bits per heavy atom. The van der Waals surface area contributed by atoms with Crippen LogP contribution in [0.4, 0.5) is 5.69 Å². The maximum absolute atomic E-state index is 10.6. The van der Waals surface area contributed by atoms with Crippen LogP contribution in [0.25, 0.3) is 0 Å². The number of thioether (sulfide) groups is 1. The van der Waals surface area contributed by atoms with Gasteiger partial charge in [0.05, 0.1) is 17.4 Å². The average molecular weight is 429 g/mol. The van der Waals surface area contributed by atoms with Gasteiger partial charge in [-0.2, -0.15) is 10.2 Å². The number of hydrazone groups is 1. The molecule has 1 N–H and O–H groups in total. The highest BCUT2D eigenvalue weighted by Crippen LogP contribution is 2.40. The van der Waals surface area contributed by atoms with Gasteiger partial charge in [-0.3, -0.25) is 9.98 Å². The van der Waals surface area contributed by atoms with E-state index in [4.69, 9.17) is 4.99 Å². The second-order valence-corrected chi connectivity index (χ2v) is 8.39. The van der Waals surface area contributed by atoms with Crippen molar-refractivity contribution in [3.8, 4) is 0 Å². The van der Waals surface area contributed by atoms with Crippen LogP contribution < -0.4 is 0 Å². The second-order valence-electron chi connectivity index (χ2n) is 7.14. The molecule has 3 aromatic rings. The van der Waals surface area contributed by atoms with Crippen molar-refractivity contribution in [1.29, 1.82) is 0 Å². The lowest BCUT2D eigenvalue weighted by molar-refractivity contribution is 0.350. The fourth-order valence-corrected chi connectivity index (χ4v) is 4.70. The summed E-state index contributed by atoms with van der Waals surface area (Å²) in [6.07, 6.45) is 2.48. The fourth-order valence-electron chi connectivity index (χ4n) is 3.54. The van der Waals surface area contributed by atoms with Crippen LogP contribution in [0.5, 0.6) is 0 Å². The van der Waals surface area contributed by atoms with Crippen molar-refractivity contribution < 1.29 is 5.11 Å². The van der Waals surface area contributed by atoms with Crippen LogP contribution in [-0.4, -0.2) is 38.2 Å². The number of rotatable bonds is 5. The smallest absolute Gasteiger partial charge is 0.239 e. The Labute approximate surface area is 184 Å². The molecule has 3 heterocycles. The molecule has 0 amide bonds. The van der Waals surface area contributed by atoms with Gasteiger partial charge in [0.1, 0.15) is 5.37 Å². The number of hydrogen-bond acceptors (Lipinski definition) is 7. The van der Waals surface area contributed by atoms with Gasteiger partial charge in [0.25, 0.3) is 0 Å². The summed E-state index contributed by atoms with van der Waals surface area (Å²) in [5, 5.41) is 25.4. The van der Waals surface area contributed by atoms with Crippen LogP contribution >= 0.6 is 11.8 Å². The zero-order valence-electron chi connectivity index (χ0n) is 16.6. The number of azo groups is 1. The number of aliphatic hydroxyl groups excluding tert-OH is 1. The Morgan fingerprint density at radius 2 is 1.68 bits per heavy atom. The summed E-state index contributed by atoms with van der Waals surface area (Å²) in [5.74, 6) is 0.492. The van der Waals surface area contributed by atoms with E-state index in [2.05, 4.69) is 32.4 Å². The van der Waals surface area contributed by atoms with E-state index in [1.807, 2.05) is 66.7 Å². The van der Waals surface area contributed by atoms with Crippen LogP contribution in [0.1, 0.15) is 18.2 Å². The maximum atomic E-state index is 10.6. The van der Waals surface area contributed by atoms with Crippen molar-refractivity contribution >= 4 is 29.2 Å². The van der Waals surface area contributed by atoms with E-state index in [9.17, 15) is 5.11 Å². The molecule has 31 heavy (non-hydrogen) atoms. The molecule has 7 nitrogen and oxygen atoms in total. The molecular weight excluding hydrogens is 408 g/mol. The molecule has 0 radical (unpaired) electrons. The zero-order valence-corrected chi connectivity index (χ0v) is 17.4. The molecule has 0 bridgehead atoms. The van der Waals surface area contributed by atoms with Crippen LogP contribution in [0, 0.1) is 0 Å². The van der Waals surface area contributed by atoms with Crippen molar-refractivity contribution in [3.05, 3.63) is 90.8 Å². The van der Waals surface area contributed by atoms with Gasteiger partial charge in [-0.1, -0.05) is 54.2 Å². The van der Waals surface area contributed by atoms with Gasteiger partial charge in [-0.05, 0) is 36.4 Å². The number of amidine groups is 1. The summed E-state index contributed by atoms with van der Waals surface area (Å²) in [6.45, 7) is 0. The Kier molecular flexibility index (Phi) is 5.45. The van der Waals surface area contributed by atoms with E-state index in [0.717, 1.165) is 10.6 Å². The van der Waals surface area contributed by atoms with Crippen LogP contribution in [0.15, 0.2) is 110 Å². The quantitative estimate of drug-likeness (QED) is 0.553. The first kappa shape index (κ1) is 19.4. The molecular formula is C23H20N6OS. The highest BCUT2D eigenvalue weighted by molar-refractivity contribution is 7.99. The summed E-state index contributed by atoms with van der Waals surface area (Å²) in [7, 11) is 0. The number of pyridine rings is 1. The van der Waals surface area contributed by atoms with Crippen molar-refractivity contribution in [1.82, 2.24) is 9.99 Å². The Balaban J connectivity index is 1.49. The summed E-state index contributed by atoms with van der Waals surface area (Å²) in [4.78, 5) is 10.5. The SMILES string of the molecule is OC1=NN2C(=NC(c3ccccn3)CC2Sc2ccccc2)C1/N=N/c1ccccc1. The minimum absolute atomic E-state index is 0.0546. The first-order valence-corrected chi connectivity index (χ1v) is 10.9. The average Bonchev–Trinajstić information content (AvgIpc) is 3.15. The first-order valence-electron chi connectivity index (χ1n) is 10.0. The fraction of sp³-hybridized carbons (Fsp3) is 0.174. The highest BCUT2D eigenvalue weighted by atomic mass is 32.2. The lowest BCUT2D eigenvalue weighted by Gasteiger charge is -2.33. The molecule has 2 aliphatic heterocycles. The number of fused-ring (bicyclic) bond motifs is 1. The van der Waals surface area contributed by atoms with E-state index < -0.39 is 6.04 Å². The normalized spacial score (nSPS) is 22.8. The van der Waals surface area contributed by atoms with Gasteiger partial charge in [0.15, 0.2) is 5.84 Å². The van der Waals surface area contributed by atoms with Crippen molar-refractivity contribution in [3.63, 3.8) is 0 Å². The van der Waals surface area contributed by atoms with Crippen molar-refractivity contribution in [2.75, 3.05) is 0 Å². The minimum Gasteiger partial charge on any atom is -0.493 e. The van der Waals surface area contributed by atoms with Gasteiger partial charge in [0, 0.05) is 17.5 Å². The van der Waals surface area contributed by atoms with Gasteiger partial charge in [-0.25, -0.2) is 5.01 Å². The Hall–Kier alpha value is -3.52. The minimum atomic E-state index is -0.731. The molecule has 0 saturated heterocycles. The maximum Gasteiger partial charge on any atom is 0.239 e. The molecule has 0 spiro atoms. The molecule has 8 heteroatoms. The summed E-state index contributed by atoms with van der Waals surface area (Å²) >= 11 is 1.68. The zero-order chi connectivity index (χ0) is 21.0. The molecule has 154 valence electrons. The summed E-state index contributed by atoms with van der Waals surface area (Å²) < 4.78 is 0. The molecule has 2 aliphatic rings. The Morgan fingerprint density at radius 1 is 0.935 bits per heavy atom. The second kappa shape index (κ2) is 8.69. The number of hydrogen-bond donors (Lipinski definition) is 1. The Bertz CT molecular complexity index is 1120. The molecule has 0 aliphatic carbocycles. The molecule has 0 saturated carbocycles. The standard InChI is InChI=1S/C23H20N6OS/c30-23-21(27-26-16-9-3-1-4-10-16)22-25-19(18-13-7-8-14-24-18)15-20(29(22)28-23)31-17-11-5-2-6-12-17/h1-14,19-21H,15H2,(H,28,30)/b27-26+. The molecule has 3 unspecified atom stereocenters. The lowest BCUT2D eigenvalue weighted by atomic mass is 10.1.